The summed E-state index contributed by atoms with van der Waals surface area (Å²) in [6, 6.07) is 0. The van der Waals surface area contributed by atoms with Crippen LogP contribution in [0.4, 0.5) is 0 Å². The molecule has 0 atom stereocenters. The van der Waals surface area contributed by atoms with E-state index in [1.165, 1.54) is 19.3 Å². The summed E-state index contributed by atoms with van der Waals surface area (Å²) in [4.78, 5) is 0. The molecule has 0 unspecified atom stereocenters. The molecule has 0 bridgehead atoms. The number of aliphatic hydroxyl groups excluding tert-OH is 1. The molecule has 0 aromatic rings. The van der Waals surface area contributed by atoms with Crippen molar-refractivity contribution in [2.24, 2.45) is 5.92 Å². The highest BCUT2D eigenvalue weighted by atomic mass is 16.5. The van der Waals surface area contributed by atoms with Crippen LogP contribution in [-0.2, 0) is 4.74 Å². The summed E-state index contributed by atoms with van der Waals surface area (Å²) in [6.07, 6.45) is 4.82. The van der Waals surface area contributed by atoms with Crippen molar-refractivity contribution < 1.29 is 9.84 Å². The number of hydrogen-bond donors (Lipinski definition) is 1. The third kappa shape index (κ3) is 3.85. The van der Waals surface area contributed by atoms with Crippen LogP contribution in [0.25, 0.3) is 0 Å². The van der Waals surface area contributed by atoms with Crippen LogP contribution in [0.1, 0.15) is 25.7 Å². The second-order valence-electron chi connectivity index (χ2n) is 2.92. The normalized spacial score (nSPS) is 17.7. The van der Waals surface area contributed by atoms with Gasteiger partial charge in [-0.25, -0.2) is 0 Å². The maximum Gasteiger partial charge on any atom is 0.0487 e. The van der Waals surface area contributed by atoms with E-state index < -0.39 is 0 Å². The van der Waals surface area contributed by atoms with E-state index in [0.29, 0.717) is 0 Å². The molecule has 0 amide bonds. The van der Waals surface area contributed by atoms with E-state index in [1.54, 1.807) is 0 Å². The van der Waals surface area contributed by atoms with Crippen molar-refractivity contribution in [2.45, 2.75) is 25.7 Å². The molecule has 0 saturated heterocycles. The number of ether oxygens (including phenoxy) is 1. The molecule has 1 aliphatic carbocycles. The zero-order valence-corrected chi connectivity index (χ0v) is 6.38. The van der Waals surface area contributed by atoms with Gasteiger partial charge in [-0.15, -0.1) is 0 Å². The Bertz CT molecular complexity index is 79.3. The molecule has 1 saturated carbocycles. The molecule has 0 heterocycles. The van der Waals surface area contributed by atoms with E-state index in [-0.39, 0.29) is 6.61 Å². The van der Waals surface area contributed by atoms with E-state index in [1.807, 2.05) is 0 Å². The first kappa shape index (κ1) is 8.02. The summed E-state index contributed by atoms with van der Waals surface area (Å²) in [7, 11) is 0. The highest BCUT2D eigenvalue weighted by molar-refractivity contribution is 4.72. The second-order valence-corrected chi connectivity index (χ2v) is 2.92. The van der Waals surface area contributed by atoms with Crippen LogP contribution in [0, 0.1) is 5.92 Å². The molecular formula is C8H16O2. The molecule has 0 radical (unpaired) electrons. The van der Waals surface area contributed by atoms with Crippen LogP contribution in [0.15, 0.2) is 0 Å². The maximum absolute atomic E-state index is 8.41. The van der Waals surface area contributed by atoms with Gasteiger partial charge in [0.1, 0.15) is 0 Å². The van der Waals surface area contributed by atoms with Gasteiger partial charge in [0.2, 0.25) is 0 Å². The van der Waals surface area contributed by atoms with Gasteiger partial charge in [-0.3, -0.25) is 0 Å². The SMILES string of the molecule is OCCCOCCC1CC1. The van der Waals surface area contributed by atoms with Gasteiger partial charge >= 0.3 is 0 Å². The lowest BCUT2D eigenvalue weighted by molar-refractivity contribution is 0.111. The summed E-state index contributed by atoms with van der Waals surface area (Å²) in [6.45, 7) is 1.87. The average Bonchev–Trinajstić information content (AvgIpc) is 2.71. The minimum Gasteiger partial charge on any atom is -0.396 e. The van der Waals surface area contributed by atoms with Crippen LogP contribution in [0.2, 0.25) is 0 Å². The highest BCUT2D eigenvalue weighted by Crippen LogP contribution is 2.31. The Morgan fingerprint density at radius 3 is 2.70 bits per heavy atom. The predicted molar refractivity (Wildman–Crippen MR) is 39.9 cm³/mol. The van der Waals surface area contributed by atoms with Crippen LogP contribution >= 0.6 is 0 Å². The molecule has 1 fully saturated rings. The fourth-order valence-electron chi connectivity index (χ4n) is 0.925. The molecule has 1 N–H and O–H groups in total. The summed E-state index contributed by atoms with van der Waals surface area (Å²) >= 11 is 0. The Balaban J connectivity index is 1.68. The first-order valence-electron chi connectivity index (χ1n) is 4.12. The van der Waals surface area contributed by atoms with E-state index in [4.69, 9.17) is 9.84 Å². The lowest BCUT2D eigenvalue weighted by Gasteiger charge is -2.00. The molecule has 0 aromatic carbocycles. The van der Waals surface area contributed by atoms with E-state index in [2.05, 4.69) is 0 Å². The fraction of sp³-hybridized carbons (Fsp3) is 1.00. The fourth-order valence-corrected chi connectivity index (χ4v) is 0.925. The molecule has 0 aliphatic heterocycles. The van der Waals surface area contributed by atoms with Crippen molar-refractivity contribution in [1.82, 2.24) is 0 Å². The topological polar surface area (TPSA) is 29.5 Å². The molecule has 1 aliphatic rings. The van der Waals surface area contributed by atoms with Gasteiger partial charge in [-0.05, 0) is 18.8 Å². The van der Waals surface area contributed by atoms with E-state index in [0.717, 1.165) is 25.6 Å². The summed E-state index contributed by atoms with van der Waals surface area (Å²) < 4.78 is 5.26. The third-order valence-electron chi connectivity index (χ3n) is 1.81. The summed E-state index contributed by atoms with van der Waals surface area (Å²) in [5.74, 6) is 0.967. The van der Waals surface area contributed by atoms with Crippen molar-refractivity contribution in [2.75, 3.05) is 19.8 Å². The maximum atomic E-state index is 8.41. The first-order chi connectivity index (χ1) is 4.93. The quantitative estimate of drug-likeness (QED) is 0.567. The Morgan fingerprint density at radius 1 is 1.30 bits per heavy atom. The molecule has 0 aromatic heterocycles. The molecule has 1 rings (SSSR count). The van der Waals surface area contributed by atoms with Crippen molar-refractivity contribution >= 4 is 0 Å². The van der Waals surface area contributed by atoms with Crippen LogP contribution < -0.4 is 0 Å². The zero-order valence-electron chi connectivity index (χ0n) is 6.38. The van der Waals surface area contributed by atoms with Gasteiger partial charge < -0.3 is 9.84 Å². The monoisotopic (exact) mass is 144 g/mol. The lowest BCUT2D eigenvalue weighted by Crippen LogP contribution is -1.99. The lowest BCUT2D eigenvalue weighted by atomic mass is 10.3. The second kappa shape index (κ2) is 4.69. The van der Waals surface area contributed by atoms with Crippen molar-refractivity contribution in [1.29, 1.82) is 0 Å². The third-order valence-corrected chi connectivity index (χ3v) is 1.81. The minimum absolute atomic E-state index is 0.253. The summed E-state index contributed by atoms with van der Waals surface area (Å²) in [5, 5.41) is 8.41. The highest BCUT2D eigenvalue weighted by Gasteiger charge is 2.20. The minimum atomic E-state index is 0.253. The zero-order chi connectivity index (χ0) is 7.23. The summed E-state index contributed by atoms with van der Waals surface area (Å²) in [5.41, 5.74) is 0. The van der Waals surface area contributed by atoms with E-state index >= 15 is 0 Å². The van der Waals surface area contributed by atoms with Gasteiger partial charge in [0.05, 0.1) is 0 Å². The van der Waals surface area contributed by atoms with Gasteiger partial charge in [-0.1, -0.05) is 12.8 Å². The molecule has 60 valence electrons. The number of rotatable bonds is 6. The largest absolute Gasteiger partial charge is 0.396 e. The molecule has 2 nitrogen and oxygen atoms in total. The van der Waals surface area contributed by atoms with Gasteiger partial charge in [0.25, 0.3) is 0 Å². The molecule has 10 heavy (non-hydrogen) atoms. The molecule has 2 heteroatoms. The Morgan fingerprint density at radius 2 is 2.10 bits per heavy atom. The molecule has 0 spiro atoms. The Hall–Kier alpha value is -0.0800. The molecular weight excluding hydrogens is 128 g/mol. The average molecular weight is 144 g/mol. The standard InChI is InChI=1S/C8H16O2/c9-5-1-6-10-7-4-8-2-3-8/h8-9H,1-7H2. The van der Waals surface area contributed by atoms with Crippen molar-refractivity contribution in [3.63, 3.8) is 0 Å². The Kier molecular flexibility index (Phi) is 3.76. The van der Waals surface area contributed by atoms with Gasteiger partial charge in [0, 0.05) is 19.8 Å². The van der Waals surface area contributed by atoms with Crippen molar-refractivity contribution in [3.05, 3.63) is 0 Å². The first-order valence-corrected chi connectivity index (χ1v) is 4.12. The van der Waals surface area contributed by atoms with Crippen LogP contribution in [0.5, 0.6) is 0 Å². The van der Waals surface area contributed by atoms with E-state index in [9.17, 15) is 0 Å². The predicted octanol–water partition coefficient (Wildman–Crippen LogP) is 1.19. The van der Waals surface area contributed by atoms with Gasteiger partial charge in [-0.2, -0.15) is 0 Å². The number of hydrogen-bond acceptors (Lipinski definition) is 2. The Labute approximate surface area is 62.2 Å². The van der Waals surface area contributed by atoms with Crippen LogP contribution in [-0.4, -0.2) is 24.9 Å². The number of aliphatic hydroxyl groups is 1. The van der Waals surface area contributed by atoms with Gasteiger partial charge in [0.15, 0.2) is 0 Å². The van der Waals surface area contributed by atoms with Crippen LogP contribution in [0.3, 0.4) is 0 Å². The smallest absolute Gasteiger partial charge is 0.0487 e. The van der Waals surface area contributed by atoms with Crippen molar-refractivity contribution in [3.8, 4) is 0 Å².